The van der Waals surface area contributed by atoms with E-state index in [0.29, 0.717) is 6.42 Å². The average molecular weight is 371 g/mol. The number of rotatable bonds is 10. The van der Waals surface area contributed by atoms with Crippen molar-refractivity contribution in [3.63, 3.8) is 0 Å². The summed E-state index contributed by atoms with van der Waals surface area (Å²) in [5, 5.41) is 3.04. The predicted molar refractivity (Wildman–Crippen MR) is 103 cm³/mol. The molecule has 1 heterocycles. The van der Waals surface area contributed by atoms with Crippen LogP contribution in [0.5, 0.6) is 0 Å². The van der Waals surface area contributed by atoms with Crippen LogP contribution in [0.1, 0.15) is 44.9 Å². The minimum Gasteiger partial charge on any atom is -0.355 e. The first kappa shape index (κ1) is 25.2. The Morgan fingerprint density at radius 1 is 1.13 bits per heavy atom. The number of nitrogens with one attached hydrogen (secondary N) is 1. The molecule has 0 aromatic carbocycles. The van der Waals surface area contributed by atoms with Gasteiger partial charge in [0.15, 0.2) is 0 Å². The minimum atomic E-state index is 0. The van der Waals surface area contributed by atoms with E-state index in [1.165, 1.54) is 12.8 Å². The molecule has 0 radical (unpaired) electrons. The van der Waals surface area contributed by atoms with Gasteiger partial charge >= 0.3 is 0 Å². The number of hydrogen-bond acceptors (Lipinski definition) is 4. The van der Waals surface area contributed by atoms with Gasteiger partial charge in [0.2, 0.25) is 5.91 Å². The standard InChI is InChI=1S/C16H34N4O.2ClH/c1-19(2)15-8-12-20(13-9-15)14-11-18-16(21)7-5-3-4-6-10-17;;/h15H,3-14,17H2,1-2H3,(H,18,21);2*1H. The first-order valence-electron chi connectivity index (χ1n) is 8.49. The molecule has 1 rings (SSSR count). The van der Waals surface area contributed by atoms with Crippen LogP contribution in [0.25, 0.3) is 0 Å². The zero-order chi connectivity index (χ0) is 15.5. The van der Waals surface area contributed by atoms with Crippen LogP contribution in [0.3, 0.4) is 0 Å². The van der Waals surface area contributed by atoms with Gasteiger partial charge in [-0.3, -0.25) is 4.79 Å². The zero-order valence-electron chi connectivity index (χ0n) is 14.8. The van der Waals surface area contributed by atoms with Crippen LogP contribution in [0.2, 0.25) is 0 Å². The quantitative estimate of drug-likeness (QED) is 0.576. The molecule has 0 aromatic rings. The minimum absolute atomic E-state index is 0. The Hall–Kier alpha value is -0.0700. The Bertz CT molecular complexity index is 285. The van der Waals surface area contributed by atoms with Gasteiger partial charge in [0.1, 0.15) is 0 Å². The first-order valence-corrected chi connectivity index (χ1v) is 8.49. The fourth-order valence-corrected chi connectivity index (χ4v) is 2.88. The van der Waals surface area contributed by atoms with Gasteiger partial charge in [0.05, 0.1) is 0 Å². The maximum absolute atomic E-state index is 11.7. The second kappa shape index (κ2) is 15.5. The number of nitrogens with two attached hydrogens (primary N) is 1. The van der Waals surface area contributed by atoms with Gasteiger partial charge in [-0.15, -0.1) is 24.8 Å². The maximum Gasteiger partial charge on any atom is 0.220 e. The molecule has 0 unspecified atom stereocenters. The molecule has 0 aliphatic carbocycles. The third-order valence-electron chi connectivity index (χ3n) is 4.40. The molecule has 140 valence electrons. The average Bonchev–Trinajstić information content (AvgIpc) is 2.47. The smallest absolute Gasteiger partial charge is 0.220 e. The monoisotopic (exact) mass is 370 g/mol. The summed E-state index contributed by atoms with van der Waals surface area (Å²) >= 11 is 0. The van der Waals surface area contributed by atoms with E-state index in [9.17, 15) is 4.79 Å². The highest BCUT2D eigenvalue weighted by Gasteiger charge is 2.19. The van der Waals surface area contributed by atoms with E-state index in [1.54, 1.807) is 0 Å². The largest absolute Gasteiger partial charge is 0.355 e. The van der Waals surface area contributed by atoms with Crippen molar-refractivity contribution >= 4 is 30.7 Å². The van der Waals surface area contributed by atoms with Gasteiger partial charge in [-0.1, -0.05) is 12.8 Å². The number of unbranched alkanes of at least 4 members (excludes halogenated alkanes) is 3. The van der Waals surface area contributed by atoms with Gasteiger partial charge in [0.25, 0.3) is 0 Å². The molecular formula is C16H36Cl2N4O. The lowest BCUT2D eigenvalue weighted by molar-refractivity contribution is -0.121. The molecule has 1 saturated heterocycles. The molecule has 1 fully saturated rings. The summed E-state index contributed by atoms with van der Waals surface area (Å²) in [6, 6.07) is 0.726. The van der Waals surface area contributed by atoms with Gasteiger partial charge in [-0.2, -0.15) is 0 Å². The molecule has 5 nitrogen and oxygen atoms in total. The Morgan fingerprint density at radius 3 is 2.30 bits per heavy atom. The molecule has 7 heteroatoms. The molecule has 0 bridgehead atoms. The van der Waals surface area contributed by atoms with Crippen molar-refractivity contribution < 1.29 is 4.79 Å². The van der Waals surface area contributed by atoms with E-state index in [4.69, 9.17) is 5.73 Å². The lowest BCUT2D eigenvalue weighted by Gasteiger charge is -2.35. The van der Waals surface area contributed by atoms with E-state index >= 15 is 0 Å². The summed E-state index contributed by atoms with van der Waals surface area (Å²) in [5.41, 5.74) is 5.45. The van der Waals surface area contributed by atoms with Crippen LogP contribution in [0, 0.1) is 0 Å². The van der Waals surface area contributed by atoms with Crippen LogP contribution in [0.15, 0.2) is 0 Å². The molecule has 0 atom stereocenters. The molecule has 1 aliphatic heterocycles. The number of amides is 1. The van der Waals surface area contributed by atoms with Gasteiger partial charge in [0, 0.05) is 25.6 Å². The molecule has 0 spiro atoms. The summed E-state index contributed by atoms with van der Waals surface area (Å²) in [6.07, 6.45) is 7.45. The summed E-state index contributed by atoms with van der Waals surface area (Å²) < 4.78 is 0. The fourth-order valence-electron chi connectivity index (χ4n) is 2.88. The number of nitrogens with zero attached hydrogens (tertiary/aromatic N) is 2. The van der Waals surface area contributed by atoms with Crippen molar-refractivity contribution in [1.82, 2.24) is 15.1 Å². The number of carbonyl (C=O) groups is 1. The lowest BCUT2D eigenvalue weighted by atomic mass is 10.0. The van der Waals surface area contributed by atoms with Crippen LogP contribution < -0.4 is 11.1 Å². The molecular weight excluding hydrogens is 335 g/mol. The van der Waals surface area contributed by atoms with E-state index in [1.807, 2.05) is 0 Å². The van der Waals surface area contributed by atoms with Crippen molar-refractivity contribution in [2.45, 2.75) is 51.0 Å². The van der Waals surface area contributed by atoms with E-state index in [2.05, 4.69) is 29.2 Å². The SMILES string of the molecule is CN(C)C1CCN(CCNC(=O)CCCCCCN)CC1.Cl.Cl. The molecule has 0 saturated carbocycles. The highest BCUT2D eigenvalue weighted by atomic mass is 35.5. The predicted octanol–water partition coefficient (Wildman–Crippen LogP) is 1.88. The van der Waals surface area contributed by atoms with Crippen molar-refractivity contribution in [2.24, 2.45) is 5.73 Å². The van der Waals surface area contributed by atoms with Gasteiger partial charge in [-0.05, 0) is 59.4 Å². The normalized spacial score (nSPS) is 15.8. The second-order valence-electron chi connectivity index (χ2n) is 6.34. The third kappa shape index (κ3) is 12.0. The number of piperidine rings is 1. The van der Waals surface area contributed by atoms with E-state index in [-0.39, 0.29) is 30.7 Å². The molecule has 1 amide bonds. The third-order valence-corrected chi connectivity index (χ3v) is 4.40. The van der Waals surface area contributed by atoms with Crippen molar-refractivity contribution in [2.75, 3.05) is 46.8 Å². The number of likely N-dealkylation sites (tertiary alicyclic amines) is 1. The number of hydrogen-bond donors (Lipinski definition) is 2. The molecule has 23 heavy (non-hydrogen) atoms. The maximum atomic E-state index is 11.7. The fraction of sp³-hybridized carbons (Fsp3) is 0.938. The number of carbonyl (C=O) groups excluding carboxylic acids is 1. The topological polar surface area (TPSA) is 61.6 Å². The second-order valence-corrected chi connectivity index (χ2v) is 6.34. The van der Waals surface area contributed by atoms with E-state index < -0.39 is 0 Å². The Morgan fingerprint density at radius 2 is 1.74 bits per heavy atom. The van der Waals surface area contributed by atoms with Crippen LogP contribution in [0.4, 0.5) is 0 Å². The zero-order valence-corrected chi connectivity index (χ0v) is 16.4. The van der Waals surface area contributed by atoms with Gasteiger partial charge in [-0.25, -0.2) is 0 Å². The summed E-state index contributed by atoms with van der Waals surface area (Å²) in [5.74, 6) is 0.200. The first-order chi connectivity index (χ1) is 10.1. The highest BCUT2D eigenvalue weighted by Crippen LogP contribution is 2.13. The number of halogens is 2. The van der Waals surface area contributed by atoms with Gasteiger partial charge < -0.3 is 20.9 Å². The molecule has 1 aliphatic rings. The summed E-state index contributed by atoms with van der Waals surface area (Å²) in [6.45, 7) is 4.83. The van der Waals surface area contributed by atoms with Crippen LogP contribution in [-0.2, 0) is 4.79 Å². The van der Waals surface area contributed by atoms with E-state index in [0.717, 1.165) is 64.4 Å². The Balaban J connectivity index is 0. The van der Waals surface area contributed by atoms with Crippen LogP contribution in [-0.4, -0.2) is 68.6 Å². The molecule has 0 aromatic heterocycles. The van der Waals surface area contributed by atoms with Crippen molar-refractivity contribution in [3.05, 3.63) is 0 Å². The summed E-state index contributed by atoms with van der Waals surface area (Å²) in [7, 11) is 4.32. The van der Waals surface area contributed by atoms with Crippen molar-refractivity contribution in [3.8, 4) is 0 Å². The van der Waals surface area contributed by atoms with Crippen LogP contribution >= 0.6 is 24.8 Å². The Labute approximate surface area is 154 Å². The summed E-state index contributed by atoms with van der Waals surface area (Å²) in [4.78, 5) is 16.5. The van der Waals surface area contributed by atoms with Crippen molar-refractivity contribution in [1.29, 1.82) is 0 Å². The lowest BCUT2D eigenvalue weighted by Crippen LogP contribution is -2.44. The highest BCUT2D eigenvalue weighted by molar-refractivity contribution is 5.85. The Kier molecular flexibility index (Phi) is 16.9. The molecule has 3 N–H and O–H groups in total.